The highest BCUT2D eigenvalue weighted by Gasteiger charge is 2.34. The predicted molar refractivity (Wildman–Crippen MR) is 51.6 cm³/mol. The van der Waals surface area contributed by atoms with Crippen molar-refractivity contribution in [2.45, 2.75) is 11.8 Å². The quantitative estimate of drug-likeness (QED) is 0.754. The first kappa shape index (κ1) is 13.6. The van der Waals surface area contributed by atoms with Crippen molar-refractivity contribution in [3.8, 4) is 5.75 Å². The number of aryl methyl sites for hydroxylation is 1. The summed E-state index contributed by atoms with van der Waals surface area (Å²) in [4.78, 5) is 0.578. The van der Waals surface area contributed by atoms with E-state index in [2.05, 4.69) is 3.74 Å². The maximum atomic E-state index is 10.5. The molecule has 5 nitrogen and oxygen atoms in total. The zero-order valence-corrected chi connectivity index (χ0v) is 10.7. The first-order valence-corrected chi connectivity index (χ1v) is 7.88. The highest BCUT2D eigenvalue weighted by Crippen LogP contribution is 2.52. The molecular weight excluding hydrogens is 256 g/mol. The number of hydrogen-bond donors (Lipinski definition) is 1. The van der Waals surface area contributed by atoms with Gasteiger partial charge in [-0.2, -0.15) is 14.0 Å². The van der Waals surface area contributed by atoms with Crippen LogP contribution in [0, 0.1) is 17.2 Å². The molecule has 0 unspecified atom stereocenters. The van der Waals surface area contributed by atoms with Crippen molar-refractivity contribution in [3.63, 3.8) is 0 Å². The molecule has 0 saturated heterocycles. The van der Waals surface area contributed by atoms with Crippen LogP contribution in [0.25, 0.3) is 0 Å². The normalized spacial score (nSPS) is 13.9. The summed E-state index contributed by atoms with van der Waals surface area (Å²) in [6.07, 6.45) is 3.09. The number of phenolic OH excluding ortho intramolecular Hbond substituents is 1. The number of halogens is 1. The van der Waals surface area contributed by atoms with Crippen LogP contribution >= 0.6 is 10.3 Å². The van der Waals surface area contributed by atoms with E-state index in [1.807, 2.05) is 0 Å². The molecule has 0 fully saturated rings. The van der Waals surface area contributed by atoms with Crippen molar-refractivity contribution >= 4 is 10.3 Å². The van der Waals surface area contributed by atoms with Gasteiger partial charge in [0.05, 0.1) is 10.2 Å². The standard InChI is InChI=1S/C9H13ClO5S/c1-7-6-8(4-5-9(7)11)16(2,3)15-10(12,13)14/h4-6,11H,1-3H3. The lowest BCUT2D eigenvalue weighted by molar-refractivity contribution is -1.91. The SMILES string of the molecule is Cc1cc(S(C)(C)O[Cl+3]([O-])([O-])[O-])ccc1O. The Balaban J connectivity index is 3.02. The molecule has 0 aliphatic carbocycles. The summed E-state index contributed by atoms with van der Waals surface area (Å²) in [5.41, 5.74) is 0.599. The Labute approximate surface area is 97.5 Å². The summed E-state index contributed by atoms with van der Waals surface area (Å²) < 4.78 is 36.1. The summed E-state index contributed by atoms with van der Waals surface area (Å²) in [6, 6.07) is 4.58. The molecule has 0 saturated carbocycles. The van der Waals surface area contributed by atoms with Gasteiger partial charge in [0.1, 0.15) is 9.49 Å². The van der Waals surface area contributed by atoms with Crippen LogP contribution in [0.5, 0.6) is 5.75 Å². The Hall–Kier alpha value is -0.500. The lowest BCUT2D eigenvalue weighted by Crippen LogP contribution is -2.61. The van der Waals surface area contributed by atoms with E-state index < -0.39 is 20.6 Å². The van der Waals surface area contributed by atoms with Gasteiger partial charge in [-0.15, -0.1) is 0 Å². The fourth-order valence-electron chi connectivity index (χ4n) is 1.16. The largest absolute Gasteiger partial charge is 0.508 e. The molecule has 0 spiro atoms. The molecule has 1 aromatic rings. The van der Waals surface area contributed by atoms with Crippen LogP contribution in [-0.2, 0) is 3.74 Å². The second kappa shape index (κ2) is 4.40. The van der Waals surface area contributed by atoms with Gasteiger partial charge in [0.15, 0.2) is 0 Å². The molecule has 1 rings (SSSR count). The monoisotopic (exact) mass is 268 g/mol. The van der Waals surface area contributed by atoms with Gasteiger partial charge in [-0.25, -0.2) is 0 Å². The average molecular weight is 269 g/mol. The minimum atomic E-state index is -4.45. The van der Waals surface area contributed by atoms with Gasteiger partial charge in [-0.05, 0) is 30.7 Å². The predicted octanol–water partition coefficient (Wildman–Crippen LogP) is -1.05. The molecule has 0 aromatic heterocycles. The molecule has 7 heteroatoms. The maximum Gasteiger partial charge on any atom is 0.125 e. The molecule has 0 radical (unpaired) electrons. The molecule has 0 aliphatic rings. The van der Waals surface area contributed by atoms with E-state index in [9.17, 15) is 19.1 Å². The van der Waals surface area contributed by atoms with Crippen LogP contribution in [0.3, 0.4) is 0 Å². The lowest BCUT2D eigenvalue weighted by Gasteiger charge is -2.27. The van der Waals surface area contributed by atoms with E-state index in [1.165, 1.54) is 6.07 Å². The Kier molecular flexibility index (Phi) is 3.73. The zero-order chi connectivity index (χ0) is 12.6. The van der Waals surface area contributed by atoms with Crippen molar-refractivity contribution in [1.82, 2.24) is 0 Å². The van der Waals surface area contributed by atoms with Crippen LogP contribution in [0.1, 0.15) is 5.56 Å². The number of hydrogen-bond acceptors (Lipinski definition) is 5. The van der Waals surface area contributed by atoms with Crippen LogP contribution in [0.2, 0.25) is 0 Å². The number of benzene rings is 1. The summed E-state index contributed by atoms with van der Waals surface area (Å²) >= 11 is 0. The smallest absolute Gasteiger partial charge is 0.125 e. The van der Waals surface area contributed by atoms with Crippen LogP contribution in [0.15, 0.2) is 23.1 Å². The molecule has 1 aromatic carbocycles. The second-order valence-corrected chi connectivity index (χ2v) is 7.82. The third-order valence-electron chi connectivity index (χ3n) is 1.97. The number of phenols is 1. The first-order valence-electron chi connectivity index (χ1n) is 4.27. The fraction of sp³-hybridized carbons (Fsp3) is 0.333. The van der Waals surface area contributed by atoms with Crippen molar-refractivity contribution in [2.24, 2.45) is 0 Å². The molecule has 0 atom stereocenters. The Bertz CT molecular complexity index is 388. The molecule has 0 bridgehead atoms. The van der Waals surface area contributed by atoms with Gasteiger partial charge < -0.3 is 5.11 Å². The van der Waals surface area contributed by atoms with E-state index >= 15 is 0 Å². The third kappa shape index (κ3) is 3.51. The Morgan fingerprint density at radius 2 is 1.81 bits per heavy atom. The van der Waals surface area contributed by atoms with E-state index in [1.54, 1.807) is 31.6 Å². The second-order valence-electron chi connectivity index (χ2n) is 3.62. The molecule has 16 heavy (non-hydrogen) atoms. The summed E-state index contributed by atoms with van der Waals surface area (Å²) in [6.45, 7) is 1.68. The number of aromatic hydroxyl groups is 1. The highest BCUT2D eigenvalue weighted by molar-refractivity contribution is 8.28. The van der Waals surface area contributed by atoms with E-state index in [-0.39, 0.29) is 5.75 Å². The first-order chi connectivity index (χ1) is 7.12. The number of rotatable bonds is 3. The van der Waals surface area contributed by atoms with E-state index in [0.717, 1.165) is 0 Å². The van der Waals surface area contributed by atoms with Gasteiger partial charge in [0.25, 0.3) is 0 Å². The van der Waals surface area contributed by atoms with Gasteiger partial charge in [0, 0.05) is 27.7 Å². The minimum Gasteiger partial charge on any atom is -0.508 e. The van der Waals surface area contributed by atoms with E-state index in [4.69, 9.17) is 0 Å². The molecule has 92 valence electrons. The van der Waals surface area contributed by atoms with Crippen molar-refractivity contribution in [1.29, 1.82) is 0 Å². The topological polar surface area (TPSA) is 98.6 Å². The average Bonchev–Trinajstić information content (AvgIpc) is 2.05. The molecule has 1 N–H and O–H groups in total. The maximum absolute atomic E-state index is 10.5. The fourth-order valence-corrected chi connectivity index (χ4v) is 3.85. The van der Waals surface area contributed by atoms with Crippen molar-refractivity contribution < 1.29 is 33.1 Å². The third-order valence-corrected chi connectivity index (χ3v) is 5.24. The molecule has 0 amide bonds. The lowest BCUT2D eigenvalue weighted by atomic mass is 10.2. The van der Waals surface area contributed by atoms with Crippen LogP contribution in [-0.4, -0.2) is 17.6 Å². The van der Waals surface area contributed by atoms with Gasteiger partial charge >= 0.3 is 0 Å². The van der Waals surface area contributed by atoms with Crippen LogP contribution < -0.4 is 14.0 Å². The molecule has 0 aliphatic heterocycles. The molecule has 0 heterocycles. The van der Waals surface area contributed by atoms with Gasteiger partial charge in [0.2, 0.25) is 0 Å². The summed E-state index contributed by atoms with van der Waals surface area (Å²) in [5.74, 6) is 0.112. The molecular formula is C9H13ClO5S. The van der Waals surface area contributed by atoms with Gasteiger partial charge in [-0.3, -0.25) is 0 Å². The minimum absolute atomic E-state index is 0.112. The van der Waals surface area contributed by atoms with E-state index in [0.29, 0.717) is 10.5 Å². The zero-order valence-electron chi connectivity index (χ0n) is 9.10. The Morgan fingerprint density at radius 3 is 2.25 bits per heavy atom. The highest BCUT2D eigenvalue weighted by atomic mass is 35.7. The van der Waals surface area contributed by atoms with Crippen LogP contribution in [0.4, 0.5) is 0 Å². The summed E-state index contributed by atoms with van der Waals surface area (Å²) in [5, 5.41) is 9.33. The van der Waals surface area contributed by atoms with Crippen molar-refractivity contribution in [2.75, 3.05) is 12.5 Å². The Morgan fingerprint density at radius 1 is 1.25 bits per heavy atom. The van der Waals surface area contributed by atoms with Gasteiger partial charge in [-0.1, -0.05) is 0 Å². The van der Waals surface area contributed by atoms with Crippen molar-refractivity contribution in [3.05, 3.63) is 23.8 Å². The summed E-state index contributed by atoms with van der Waals surface area (Å²) in [7, 11) is -6.63.